The predicted octanol–water partition coefficient (Wildman–Crippen LogP) is 4.34. The molecule has 0 unspecified atom stereocenters. The van der Waals surface area contributed by atoms with Crippen LogP contribution in [0.25, 0.3) is 10.6 Å². The highest BCUT2D eigenvalue weighted by atomic mass is 32.1. The van der Waals surface area contributed by atoms with Crippen LogP contribution in [0.5, 0.6) is 5.75 Å². The molecule has 6 heteroatoms. The second kappa shape index (κ2) is 8.10. The van der Waals surface area contributed by atoms with Gasteiger partial charge in [0.25, 0.3) is 5.91 Å². The molecule has 3 aromatic rings. The molecular weight excluding hydrogens is 351 g/mol. The minimum Gasteiger partial charge on any atom is -0.481 e. The number of hydrogen-bond acceptors (Lipinski definition) is 4. The highest BCUT2D eigenvalue weighted by Crippen LogP contribution is 2.24. The molecule has 0 aliphatic heterocycles. The van der Waals surface area contributed by atoms with Crippen LogP contribution in [-0.4, -0.2) is 17.0 Å². The number of hydrogen-bond donors (Lipinski definition) is 1. The van der Waals surface area contributed by atoms with Crippen molar-refractivity contribution in [2.75, 3.05) is 0 Å². The van der Waals surface area contributed by atoms with Gasteiger partial charge in [-0.3, -0.25) is 4.79 Å². The maximum Gasteiger partial charge on any atom is 0.261 e. The molecule has 2 aromatic carbocycles. The lowest BCUT2D eigenvalue weighted by atomic mass is 10.2. The van der Waals surface area contributed by atoms with E-state index in [1.54, 1.807) is 18.3 Å². The van der Waals surface area contributed by atoms with E-state index in [1.165, 1.54) is 29.8 Å². The van der Waals surface area contributed by atoms with Crippen LogP contribution in [-0.2, 0) is 11.3 Å². The van der Waals surface area contributed by atoms with E-state index in [2.05, 4.69) is 10.3 Å². The molecule has 0 aliphatic rings. The van der Waals surface area contributed by atoms with Gasteiger partial charge in [0.2, 0.25) is 0 Å². The number of halogens is 1. The maximum absolute atomic E-state index is 12.9. The van der Waals surface area contributed by atoms with Crippen LogP contribution < -0.4 is 10.1 Å². The van der Waals surface area contributed by atoms with Gasteiger partial charge in [0.05, 0.1) is 12.2 Å². The molecule has 3 rings (SSSR count). The van der Waals surface area contributed by atoms with E-state index < -0.39 is 6.10 Å². The molecule has 1 amide bonds. The summed E-state index contributed by atoms with van der Waals surface area (Å²) in [5.74, 6) is -0.147. The molecule has 0 spiro atoms. The van der Waals surface area contributed by atoms with E-state index >= 15 is 0 Å². The predicted molar refractivity (Wildman–Crippen MR) is 101 cm³/mol. The lowest BCUT2D eigenvalue weighted by Crippen LogP contribution is -2.35. The Bertz CT molecular complexity index is 876. The average molecular weight is 370 g/mol. The Morgan fingerprint density at radius 2 is 1.88 bits per heavy atom. The van der Waals surface area contributed by atoms with Gasteiger partial charge in [-0.05, 0) is 38.1 Å². The standard InChI is InChI=1S/C20H19FN2O2S/c1-13-3-5-15(6-4-13)20-23-17(12-26-20)11-22-19(24)14(2)25-18-9-7-16(21)8-10-18/h3-10,12,14H,11H2,1-2H3,(H,22,24)/t14-/m1/s1. The molecular formula is C20H19FN2O2S. The van der Waals surface area contributed by atoms with Gasteiger partial charge < -0.3 is 10.1 Å². The highest BCUT2D eigenvalue weighted by Gasteiger charge is 2.15. The Kier molecular flexibility index (Phi) is 5.63. The fraction of sp³-hybridized carbons (Fsp3) is 0.200. The van der Waals surface area contributed by atoms with E-state index in [-0.39, 0.29) is 11.7 Å². The summed E-state index contributed by atoms with van der Waals surface area (Å²) in [4.78, 5) is 16.7. The molecule has 1 atom stereocenters. The van der Waals surface area contributed by atoms with Crippen LogP contribution in [0, 0.1) is 12.7 Å². The summed E-state index contributed by atoms with van der Waals surface area (Å²) in [5, 5.41) is 5.66. The minimum absolute atomic E-state index is 0.251. The minimum atomic E-state index is -0.685. The molecule has 0 fully saturated rings. The Hall–Kier alpha value is -2.73. The van der Waals surface area contributed by atoms with E-state index in [9.17, 15) is 9.18 Å². The number of aromatic nitrogens is 1. The molecule has 1 N–H and O–H groups in total. The van der Waals surface area contributed by atoms with Gasteiger partial charge in [-0.25, -0.2) is 9.37 Å². The molecule has 0 saturated carbocycles. The van der Waals surface area contributed by atoms with Crippen LogP contribution in [0.2, 0.25) is 0 Å². The van der Waals surface area contributed by atoms with Gasteiger partial charge in [0.1, 0.15) is 16.6 Å². The largest absolute Gasteiger partial charge is 0.481 e. The van der Waals surface area contributed by atoms with Crippen molar-refractivity contribution in [3.8, 4) is 16.3 Å². The SMILES string of the molecule is Cc1ccc(-c2nc(CNC(=O)[C@@H](C)Oc3ccc(F)cc3)cs2)cc1. The summed E-state index contributed by atoms with van der Waals surface area (Å²) >= 11 is 1.54. The second-order valence-electron chi connectivity index (χ2n) is 5.94. The van der Waals surface area contributed by atoms with Crippen LogP contribution in [0.15, 0.2) is 53.9 Å². The zero-order valence-corrected chi connectivity index (χ0v) is 15.3. The van der Waals surface area contributed by atoms with Crippen molar-refractivity contribution in [1.29, 1.82) is 0 Å². The van der Waals surface area contributed by atoms with Gasteiger partial charge in [-0.2, -0.15) is 0 Å². The van der Waals surface area contributed by atoms with E-state index in [0.29, 0.717) is 12.3 Å². The third kappa shape index (κ3) is 4.67. The van der Waals surface area contributed by atoms with Gasteiger partial charge >= 0.3 is 0 Å². The number of benzene rings is 2. The number of nitrogens with one attached hydrogen (secondary N) is 1. The molecule has 4 nitrogen and oxygen atoms in total. The lowest BCUT2D eigenvalue weighted by Gasteiger charge is -2.14. The highest BCUT2D eigenvalue weighted by molar-refractivity contribution is 7.13. The molecule has 134 valence electrons. The van der Waals surface area contributed by atoms with Crippen LogP contribution in [0.4, 0.5) is 4.39 Å². The monoisotopic (exact) mass is 370 g/mol. The number of amides is 1. The zero-order valence-electron chi connectivity index (χ0n) is 14.5. The fourth-order valence-electron chi connectivity index (χ4n) is 2.31. The summed E-state index contributed by atoms with van der Waals surface area (Å²) in [6.45, 7) is 4.03. The maximum atomic E-state index is 12.9. The summed E-state index contributed by atoms with van der Waals surface area (Å²) in [5.41, 5.74) is 3.06. The molecule has 0 saturated heterocycles. The summed E-state index contributed by atoms with van der Waals surface area (Å²) in [6.07, 6.45) is -0.685. The number of thiazole rings is 1. The fourth-order valence-corrected chi connectivity index (χ4v) is 3.13. The second-order valence-corrected chi connectivity index (χ2v) is 6.80. The van der Waals surface area contributed by atoms with Crippen LogP contribution in [0.3, 0.4) is 0 Å². The van der Waals surface area contributed by atoms with Gasteiger partial charge in [-0.15, -0.1) is 11.3 Å². The average Bonchev–Trinajstić information content (AvgIpc) is 3.11. The molecule has 0 aliphatic carbocycles. The van der Waals surface area contributed by atoms with Crippen molar-refractivity contribution >= 4 is 17.2 Å². The van der Waals surface area contributed by atoms with E-state index in [0.717, 1.165) is 16.3 Å². The summed E-state index contributed by atoms with van der Waals surface area (Å²) in [7, 11) is 0. The quantitative estimate of drug-likeness (QED) is 0.702. The first kappa shape index (κ1) is 18.1. The third-order valence-electron chi connectivity index (χ3n) is 3.79. The third-order valence-corrected chi connectivity index (χ3v) is 4.73. The van der Waals surface area contributed by atoms with Crippen molar-refractivity contribution in [3.05, 3.63) is 71.0 Å². The molecule has 1 heterocycles. The molecule has 26 heavy (non-hydrogen) atoms. The Balaban J connectivity index is 1.54. The van der Waals surface area contributed by atoms with Crippen molar-refractivity contribution in [1.82, 2.24) is 10.3 Å². The van der Waals surface area contributed by atoms with Gasteiger partial charge in [0.15, 0.2) is 6.10 Å². The van der Waals surface area contributed by atoms with E-state index in [4.69, 9.17) is 4.74 Å². The first-order valence-corrected chi connectivity index (χ1v) is 9.10. The first-order valence-electron chi connectivity index (χ1n) is 8.22. The molecule has 0 radical (unpaired) electrons. The molecule has 1 aromatic heterocycles. The number of rotatable bonds is 6. The zero-order chi connectivity index (χ0) is 18.5. The number of nitrogens with zero attached hydrogens (tertiary/aromatic N) is 1. The normalized spacial score (nSPS) is 11.8. The summed E-state index contributed by atoms with van der Waals surface area (Å²) < 4.78 is 18.4. The van der Waals surface area contributed by atoms with E-state index in [1.807, 2.05) is 36.6 Å². The van der Waals surface area contributed by atoms with Crippen molar-refractivity contribution in [2.24, 2.45) is 0 Å². The lowest BCUT2D eigenvalue weighted by molar-refractivity contribution is -0.127. The first-order chi connectivity index (χ1) is 12.5. The van der Waals surface area contributed by atoms with Crippen molar-refractivity contribution in [2.45, 2.75) is 26.5 Å². The number of carbonyl (C=O) groups excluding carboxylic acids is 1. The van der Waals surface area contributed by atoms with Crippen molar-refractivity contribution < 1.29 is 13.9 Å². The number of ether oxygens (including phenoxy) is 1. The van der Waals surface area contributed by atoms with Gasteiger partial charge in [-0.1, -0.05) is 29.8 Å². The molecule has 0 bridgehead atoms. The van der Waals surface area contributed by atoms with Crippen molar-refractivity contribution in [3.63, 3.8) is 0 Å². The van der Waals surface area contributed by atoms with Crippen LogP contribution in [0.1, 0.15) is 18.2 Å². The Labute approximate surface area is 155 Å². The summed E-state index contributed by atoms with van der Waals surface area (Å²) in [6, 6.07) is 13.7. The number of carbonyl (C=O) groups is 1. The van der Waals surface area contributed by atoms with Crippen LogP contribution >= 0.6 is 11.3 Å². The topological polar surface area (TPSA) is 51.2 Å². The Morgan fingerprint density at radius 3 is 2.58 bits per heavy atom. The Morgan fingerprint density at radius 1 is 1.19 bits per heavy atom. The van der Waals surface area contributed by atoms with Gasteiger partial charge in [0, 0.05) is 10.9 Å². The number of aryl methyl sites for hydroxylation is 1. The smallest absolute Gasteiger partial charge is 0.261 e.